The molecule has 0 saturated carbocycles. The fourth-order valence-electron chi connectivity index (χ4n) is 3.27. The molecule has 1 aromatic carbocycles. The molecule has 0 aliphatic carbocycles. The average Bonchev–Trinajstić information content (AvgIpc) is 2.62. The molecule has 5 nitrogen and oxygen atoms in total. The fourth-order valence-corrected chi connectivity index (χ4v) is 3.27. The first kappa shape index (κ1) is 14.6. The highest BCUT2D eigenvalue weighted by atomic mass is 16.3. The predicted octanol–water partition coefficient (Wildman–Crippen LogP) is 1.15. The molecule has 1 N–H and O–H groups in total. The molecule has 2 aromatic rings. The van der Waals surface area contributed by atoms with Gasteiger partial charge in [0, 0.05) is 0 Å². The molecule has 1 amide bonds. The van der Waals surface area contributed by atoms with Crippen LogP contribution in [0.2, 0.25) is 0 Å². The van der Waals surface area contributed by atoms with Gasteiger partial charge in [-0.15, -0.1) is 0 Å². The highest BCUT2D eigenvalue weighted by molar-refractivity contribution is 6.32. The first-order valence-electron chi connectivity index (χ1n) is 7.30. The molecule has 1 unspecified atom stereocenters. The molecule has 1 atom stereocenters. The van der Waals surface area contributed by atoms with Crippen LogP contribution in [0.3, 0.4) is 0 Å². The number of aryl methyl sites for hydroxylation is 3. The number of aromatic hydroxyl groups is 1. The molecule has 0 saturated heterocycles. The molecule has 0 fully saturated rings. The minimum atomic E-state index is -0.448. The third-order valence-corrected chi connectivity index (χ3v) is 4.11. The smallest absolute Gasteiger partial charge is 0.240 e. The van der Waals surface area contributed by atoms with Crippen molar-refractivity contribution in [3.63, 3.8) is 0 Å². The molecule has 3 rings (SSSR count). The topological polar surface area (TPSA) is 66.3 Å². The average molecular weight is 295 g/mol. The van der Waals surface area contributed by atoms with Crippen molar-refractivity contribution in [3.8, 4) is 5.88 Å². The van der Waals surface area contributed by atoms with Crippen LogP contribution in [0.25, 0.3) is 0 Å². The van der Waals surface area contributed by atoms with Crippen LogP contribution < -0.4 is 10.4 Å². The zero-order valence-electron chi connectivity index (χ0n) is 13.4. The third kappa shape index (κ3) is 1.98. The summed E-state index contributed by atoms with van der Waals surface area (Å²) in [6.07, 6.45) is 0. The Hall–Kier alpha value is -2.37. The van der Waals surface area contributed by atoms with Gasteiger partial charge in [-0.05, 0) is 38.8 Å². The van der Waals surface area contributed by atoms with Crippen molar-refractivity contribution in [2.75, 3.05) is 4.90 Å². The van der Waals surface area contributed by atoms with E-state index in [2.05, 4.69) is 9.97 Å². The number of rotatable bonds is 1. The summed E-state index contributed by atoms with van der Waals surface area (Å²) in [5.74, 6) is 0.312. The SMILES string of the molecule is Bc1cc(C)c(N2C(=O)C(C)c3c(O)nc(C)nc32)c(C)c1. The Morgan fingerprint density at radius 1 is 1.18 bits per heavy atom. The maximum atomic E-state index is 12.8. The van der Waals surface area contributed by atoms with E-state index < -0.39 is 5.92 Å². The molecule has 1 aromatic heterocycles. The number of carbonyl (C=O) groups is 1. The Labute approximate surface area is 130 Å². The Bertz CT molecular complexity index is 781. The van der Waals surface area contributed by atoms with Gasteiger partial charge in [0.1, 0.15) is 13.7 Å². The predicted molar refractivity (Wildman–Crippen MR) is 88.1 cm³/mol. The summed E-state index contributed by atoms with van der Waals surface area (Å²) in [4.78, 5) is 22.8. The standard InChI is InChI=1S/C16H18BN3O2/c1-7-5-11(17)6-8(2)13(7)20-14-12(9(3)16(20)22)15(21)19-10(4)18-14/h5-6,9H,17H2,1-4H3,(H,18,19,21). The second-order valence-corrected chi connectivity index (χ2v) is 5.97. The molecular weight excluding hydrogens is 277 g/mol. The quantitative estimate of drug-likeness (QED) is 0.801. The Morgan fingerprint density at radius 3 is 2.36 bits per heavy atom. The molecule has 112 valence electrons. The Morgan fingerprint density at radius 2 is 1.77 bits per heavy atom. The van der Waals surface area contributed by atoms with Crippen molar-refractivity contribution >= 4 is 30.7 Å². The number of benzene rings is 1. The van der Waals surface area contributed by atoms with Crippen molar-refractivity contribution < 1.29 is 9.90 Å². The normalized spacial score (nSPS) is 17.0. The summed E-state index contributed by atoms with van der Waals surface area (Å²) in [6, 6.07) is 4.10. The minimum absolute atomic E-state index is 0.0831. The van der Waals surface area contributed by atoms with Crippen LogP contribution in [0.5, 0.6) is 5.88 Å². The summed E-state index contributed by atoms with van der Waals surface area (Å²) in [6.45, 7) is 7.46. The van der Waals surface area contributed by atoms with Crippen LogP contribution in [0, 0.1) is 20.8 Å². The number of nitrogens with zero attached hydrogens (tertiary/aromatic N) is 3. The van der Waals surface area contributed by atoms with Crippen LogP contribution in [-0.2, 0) is 4.79 Å². The maximum absolute atomic E-state index is 12.8. The summed E-state index contributed by atoms with van der Waals surface area (Å²) >= 11 is 0. The van der Waals surface area contributed by atoms with Gasteiger partial charge in [-0.1, -0.05) is 17.6 Å². The molecule has 6 heteroatoms. The monoisotopic (exact) mass is 295 g/mol. The number of hydrogen-bond donors (Lipinski definition) is 1. The second-order valence-electron chi connectivity index (χ2n) is 5.97. The summed E-state index contributed by atoms with van der Waals surface area (Å²) in [5.41, 5.74) is 4.54. The van der Waals surface area contributed by atoms with E-state index in [1.807, 2.05) is 33.8 Å². The van der Waals surface area contributed by atoms with E-state index in [0.717, 1.165) is 22.3 Å². The minimum Gasteiger partial charge on any atom is -0.493 e. The molecule has 1 aliphatic heterocycles. The number of hydrogen-bond acceptors (Lipinski definition) is 4. The fraction of sp³-hybridized carbons (Fsp3) is 0.312. The first-order chi connectivity index (χ1) is 10.3. The maximum Gasteiger partial charge on any atom is 0.240 e. The van der Waals surface area contributed by atoms with Crippen molar-refractivity contribution in [2.45, 2.75) is 33.6 Å². The van der Waals surface area contributed by atoms with Crippen LogP contribution in [0.4, 0.5) is 11.5 Å². The van der Waals surface area contributed by atoms with Gasteiger partial charge in [0.25, 0.3) is 0 Å². The van der Waals surface area contributed by atoms with Crippen LogP contribution in [-0.4, -0.2) is 28.8 Å². The van der Waals surface area contributed by atoms with Gasteiger partial charge in [0.2, 0.25) is 11.8 Å². The molecule has 1 aliphatic rings. The Balaban J connectivity index is 2.29. The van der Waals surface area contributed by atoms with Crippen molar-refractivity contribution in [2.24, 2.45) is 0 Å². The largest absolute Gasteiger partial charge is 0.493 e. The van der Waals surface area contributed by atoms with E-state index in [1.54, 1.807) is 18.7 Å². The molecule has 2 heterocycles. The summed E-state index contributed by atoms with van der Waals surface area (Å²) in [7, 11) is 2.03. The molecule has 0 bridgehead atoms. The van der Waals surface area contributed by atoms with E-state index in [-0.39, 0.29) is 11.8 Å². The van der Waals surface area contributed by atoms with Crippen molar-refractivity contribution in [3.05, 3.63) is 34.6 Å². The lowest BCUT2D eigenvalue weighted by atomic mass is 9.91. The highest BCUT2D eigenvalue weighted by Gasteiger charge is 2.40. The highest BCUT2D eigenvalue weighted by Crippen LogP contribution is 2.45. The molecule has 0 spiro atoms. The van der Waals surface area contributed by atoms with Gasteiger partial charge in [0.15, 0.2) is 5.82 Å². The lowest BCUT2D eigenvalue weighted by molar-refractivity contribution is -0.118. The van der Waals surface area contributed by atoms with E-state index in [4.69, 9.17) is 0 Å². The number of amides is 1. The number of anilines is 2. The number of aromatic nitrogens is 2. The van der Waals surface area contributed by atoms with Gasteiger partial charge >= 0.3 is 0 Å². The Kier molecular flexibility index (Phi) is 3.20. The number of carbonyl (C=O) groups excluding carboxylic acids is 1. The first-order valence-corrected chi connectivity index (χ1v) is 7.30. The van der Waals surface area contributed by atoms with Crippen LogP contribution in [0.15, 0.2) is 12.1 Å². The summed E-state index contributed by atoms with van der Waals surface area (Å²) in [5, 5.41) is 10.1. The second kappa shape index (κ2) is 4.83. The molecule has 0 radical (unpaired) electrons. The van der Waals surface area contributed by atoms with E-state index in [1.165, 1.54) is 0 Å². The van der Waals surface area contributed by atoms with Crippen molar-refractivity contribution in [1.82, 2.24) is 9.97 Å². The molecular formula is C16H18BN3O2. The van der Waals surface area contributed by atoms with Gasteiger partial charge in [0.05, 0.1) is 17.2 Å². The van der Waals surface area contributed by atoms with Crippen molar-refractivity contribution in [1.29, 1.82) is 0 Å². The summed E-state index contributed by atoms with van der Waals surface area (Å²) < 4.78 is 0. The van der Waals surface area contributed by atoms with E-state index in [9.17, 15) is 9.90 Å². The lowest BCUT2D eigenvalue weighted by Gasteiger charge is -2.22. The molecule has 22 heavy (non-hydrogen) atoms. The van der Waals surface area contributed by atoms with Gasteiger partial charge in [-0.3, -0.25) is 9.69 Å². The lowest BCUT2D eigenvalue weighted by Crippen LogP contribution is -2.26. The van der Waals surface area contributed by atoms with Gasteiger partial charge in [-0.25, -0.2) is 4.98 Å². The zero-order chi connectivity index (χ0) is 16.2. The van der Waals surface area contributed by atoms with E-state index in [0.29, 0.717) is 17.2 Å². The van der Waals surface area contributed by atoms with Gasteiger partial charge < -0.3 is 5.11 Å². The number of fused-ring (bicyclic) bond motifs is 1. The van der Waals surface area contributed by atoms with E-state index >= 15 is 0 Å². The van der Waals surface area contributed by atoms with Gasteiger partial charge in [-0.2, -0.15) is 4.98 Å². The zero-order valence-corrected chi connectivity index (χ0v) is 13.4. The van der Waals surface area contributed by atoms with Crippen LogP contribution in [0.1, 0.15) is 35.4 Å². The third-order valence-electron chi connectivity index (χ3n) is 4.11. The van der Waals surface area contributed by atoms with Crippen LogP contribution >= 0.6 is 0 Å².